The van der Waals surface area contributed by atoms with Crippen molar-refractivity contribution < 1.29 is 0 Å². The van der Waals surface area contributed by atoms with Gasteiger partial charge in [0.05, 0.1) is 0 Å². The van der Waals surface area contributed by atoms with Crippen LogP contribution in [-0.4, -0.2) is 0 Å². The summed E-state index contributed by atoms with van der Waals surface area (Å²) in [6.45, 7) is 2.09. The summed E-state index contributed by atoms with van der Waals surface area (Å²) in [5.41, 5.74) is 3.58. The zero-order valence-electron chi connectivity index (χ0n) is 9.35. The van der Waals surface area contributed by atoms with Crippen LogP contribution in [0.5, 0.6) is 0 Å². The van der Waals surface area contributed by atoms with Crippen molar-refractivity contribution in [3.05, 3.63) is 71.9 Å². The normalized spacial score (nSPS) is 10.6. The van der Waals surface area contributed by atoms with Gasteiger partial charge in [-0.2, -0.15) is 0 Å². The lowest BCUT2D eigenvalue weighted by atomic mass is 10.2. The average Bonchev–Trinajstić information content (AvgIpc) is 2.30. The van der Waals surface area contributed by atoms with Gasteiger partial charge in [-0.1, -0.05) is 42.5 Å². The molecule has 80 valence electrons. The average molecular weight is 209 g/mol. The van der Waals surface area contributed by atoms with E-state index < -0.39 is 0 Å². The van der Waals surface area contributed by atoms with Gasteiger partial charge in [-0.3, -0.25) is 0 Å². The highest BCUT2D eigenvalue weighted by atomic mass is 14.8. The molecule has 0 aromatic heterocycles. The predicted molar refractivity (Wildman–Crippen MR) is 70.3 cm³/mol. The molecule has 0 fully saturated rings. The molecule has 0 spiro atoms. The van der Waals surface area contributed by atoms with E-state index in [1.807, 2.05) is 30.5 Å². The molecule has 16 heavy (non-hydrogen) atoms. The molecule has 0 heterocycles. The van der Waals surface area contributed by atoms with Crippen LogP contribution in [0.1, 0.15) is 11.1 Å². The maximum Gasteiger partial charge on any atom is 0.0382 e. The Labute approximate surface area is 96.4 Å². The molecule has 0 aliphatic carbocycles. The van der Waals surface area contributed by atoms with Crippen LogP contribution in [0.4, 0.5) is 5.69 Å². The van der Waals surface area contributed by atoms with Crippen molar-refractivity contribution in [3.63, 3.8) is 0 Å². The molecule has 0 bridgehead atoms. The second kappa shape index (κ2) is 5.17. The van der Waals surface area contributed by atoms with E-state index in [2.05, 4.69) is 48.6 Å². The monoisotopic (exact) mass is 209 g/mol. The van der Waals surface area contributed by atoms with E-state index in [-0.39, 0.29) is 0 Å². The molecular formula is C15H15N. The van der Waals surface area contributed by atoms with Crippen LogP contribution in [0.3, 0.4) is 0 Å². The maximum atomic E-state index is 3.25. The minimum Gasteiger partial charge on any atom is -0.362 e. The van der Waals surface area contributed by atoms with E-state index in [0.29, 0.717) is 0 Å². The Morgan fingerprint density at radius 3 is 2.50 bits per heavy atom. The van der Waals surface area contributed by atoms with Gasteiger partial charge in [0.25, 0.3) is 0 Å². The Kier molecular flexibility index (Phi) is 3.39. The highest BCUT2D eigenvalue weighted by Gasteiger charge is 1.88. The van der Waals surface area contributed by atoms with Gasteiger partial charge < -0.3 is 5.32 Å². The lowest BCUT2D eigenvalue weighted by Crippen LogP contribution is -1.87. The first-order valence-electron chi connectivity index (χ1n) is 5.39. The van der Waals surface area contributed by atoms with Crippen molar-refractivity contribution in [2.75, 3.05) is 5.32 Å². The molecule has 1 N–H and O–H groups in total. The summed E-state index contributed by atoms with van der Waals surface area (Å²) in [6, 6.07) is 18.6. The van der Waals surface area contributed by atoms with Crippen LogP contribution < -0.4 is 5.32 Å². The van der Waals surface area contributed by atoms with Crippen molar-refractivity contribution in [2.45, 2.75) is 6.92 Å². The molecule has 0 amide bonds. The van der Waals surface area contributed by atoms with Gasteiger partial charge in [0.1, 0.15) is 0 Å². The molecular weight excluding hydrogens is 194 g/mol. The van der Waals surface area contributed by atoms with E-state index in [1.54, 1.807) is 0 Å². The highest BCUT2D eigenvalue weighted by molar-refractivity contribution is 5.55. The molecule has 0 radical (unpaired) electrons. The molecule has 2 aromatic rings. The van der Waals surface area contributed by atoms with Gasteiger partial charge in [0.2, 0.25) is 0 Å². The predicted octanol–water partition coefficient (Wildman–Crippen LogP) is 4.08. The lowest BCUT2D eigenvalue weighted by Gasteiger charge is -2.01. The van der Waals surface area contributed by atoms with Crippen molar-refractivity contribution in [1.29, 1.82) is 0 Å². The summed E-state index contributed by atoms with van der Waals surface area (Å²) in [6.07, 6.45) is 4.02. The van der Waals surface area contributed by atoms with Gasteiger partial charge in [-0.15, -0.1) is 0 Å². The minimum absolute atomic E-state index is 1.12. The number of hydrogen-bond acceptors (Lipinski definition) is 1. The summed E-state index contributed by atoms with van der Waals surface area (Å²) >= 11 is 0. The van der Waals surface area contributed by atoms with Crippen LogP contribution in [0, 0.1) is 6.92 Å². The Morgan fingerprint density at radius 2 is 1.75 bits per heavy atom. The standard InChI is InChI=1S/C15H15N/c1-13-6-5-9-15(12-13)16-11-10-14-7-3-2-4-8-14/h2-12,16H,1H3. The van der Waals surface area contributed by atoms with Crippen LogP contribution >= 0.6 is 0 Å². The second-order valence-corrected chi connectivity index (χ2v) is 3.76. The number of hydrogen-bond donors (Lipinski definition) is 1. The smallest absolute Gasteiger partial charge is 0.0382 e. The van der Waals surface area contributed by atoms with E-state index in [4.69, 9.17) is 0 Å². The number of anilines is 1. The van der Waals surface area contributed by atoms with E-state index >= 15 is 0 Å². The Balaban J connectivity index is 2.00. The number of benzene rings is 2. The molecule has 0 atom stereocenters. The molecule has 1 nitrogen and oxygen atoms in total. The van der Waals surface area contributed by atoms with Gasteiger partial charge in [0.15, 0.2) is 0 Å². The third kappa shape index (κ3) is 2.99. The van der Waals surface area contributed by atoms with Gasteiger partial charge in [-0.25, -0.2) is 0 Å². The van der Waals surface area contributed by atoms with Crippen molar-refractivity contribution in [1.82, 2.24) is 0 Å². The molecule has 2 aromatic carbocycles. The van der Waals surface area contributed by atoms with Crippen LogP contribution in [-0.2, 0) is 0 Å². The molecule has 0 saturated heterocycles. The zero-order chi connectivity index (χ0) is 11.2. The summed E-state index contributed by atoms with van der Waals surface area (Å²) < 4.78 is 0. The summed E-state index contributed by atoms with van der Waals surface area (Å²) in [4.78, 5) is 0. The quantitative estimate of drug-likeness (QED) is 0.803. The zero-order valence-corrected chi connectivity index (χ0v) is 9.35. The summed E-state index contributed by atoms with van der Waals surface area (Å²) in [5.74, 6) is 0. The second-order valence-electron chi connectivity index (χ2n) is 3.76. The number of aryl methyl sites for hydroxylation is 1. The summed E-state index contributed by atoms with van der Waals surface area (Å²) in [7, 11) is 0. The SMILES string of the molecule is Cc1cccc(NC=Cc2ccccc2)c1. The Morgan fingerprint density at radius 1 is 0.938 bits per heavy atom. The first-order valence-corrected chi connectivity index (χ1v) is 5.39. The largest absolute Gasteiger partial charge is 0.362 e. The minimum atomic E-state index is 1.12. The fourth-order valence-electron chi connectivity index (χ4n) is 1.53. The van der Waals surface area contributed by atoms with Crippen LogP contribution in [0.25, 0.3) is 6.08 Å². The Hall–Kier alpha value is -2.02. The van der Waals surface area contributed by atoms with Gasteiger partial charge >= 0.3 is 0 Å². The Bertz CT molecular complexity index is 472. The first-order chi connectivity index (χ1) is 7.84. The fourth-order valence-corrected chi connectivity index (χ4v) is 1.53. The first kappa shape index (κ1) is 10.5. The topological polar surface area (TPSA) is 12.0 Å². The fraction of sp³-hybridized carbons (Fsp3) is 0.0667. The maximum absolute atomic E-state index is 3.25. The molecule has 1 heteroatoms. The van der Waals surface area contributed by atoms with Gasteiger partial charge in [-0.05, 0) is 36.3 Å². The van der Waals surface area contributed by atoms with Crippen molar-refractivity contribution >= 4 is 11.8 Å². The summed E-state index contributed by atoms with van der Waals surface area (Å²) in [5, 5.41) is 3.25. The van der Waals surface area contributed by atoms with E-state index in [0.717, 1.165) is 5.69 Å². The number of nitrogens with one attached hydrogen (secondary N) is 1. The number of rotatable bonds is 3. The van der Waals surface area contributed by atoms with E-state index in [1.165, 1.54) is 11.1 Å². The molecule has 0 aliphatic heterocycles. The van der Waals surface area contributed by atoms with Gasteiger partial charge in [0, 0.05) is 11.9 Å². The van der Waals surface area contributed by atoms with Crippen LogP contribution in [0.15, 0.2) is 60.8 Å². The van der Waals surface area contributed by atoms with Crippen LogP contribution in [0.2, 0.25) is 0 Å². The van der Waals surface area contributed by atoms with E-state index in [9.17, 15) is 0 Å². The van der Waals surface area contributed by atoms with Crippen molar-refractivity contribution in [2.24, 2.45) is 0 Å². The molecule has 0 unspecified atom stereocenters. The van der Waals surface area contributed by atoms with Crippen molar-refractivity contribution in [3.8, 4) is 0 Å². The third-order valence-corrected chi connectivity index (χ3v) is 2.34. The molecule has 2 rings (SSSR count). The molecule has 0 saturated carbocycles. The third-order valence-electron chi connectivity index (χ3n) is 2.34. The lowest BCUT2D eigenvalue weighted by molar-refractivity contribution is 1.45. The molecule has 0 aliphatic rings. The highest BCUT2D eigenvalue weighted by Crippen LogP contribution is 2.10.